The van der Waals surface area contributed by atoms with Crippen LogP contribution in [0.4, 0.5) is 13.2 Å². The van der Waals surface area contributed by atoms with Crippen molar-refractivity contribution < 1.29 is 42.1 Å². The van der Waals surface area contributed by atoms with Gasteiger partial charge in [-0.15, -0.1) is 13.2 Å². The number of esters is 1. The summed E-state index contributed by atoms with van der Waals surface area (Å²) in [5, 5.41) is 9.27. The molecule has 2 rings (SSSR count). The van der Waals surface area contributed by atoms with E-state index in [2.05, 4.69) is 4.74 Å². The molecule has 0 saturated carbocycles. The molecule has 10 heteroatoms. The summed E-state index contributed by atoms with van der Waals surface area (Å²) in [7, 11) is 0. The predicted octanol–water partition coefficient (Wildman–Crippen LogP) is 1.70. The molecule has 0 bridgehead atoms. The molecule has 7 nitrogen and oxygen atoms in total. The molecule has 0 amide bonds. The number of hydrogen-bond donors (Lipinski definition) is 1. The van der Waals surface area contributed by atoms with Gasteiger partial charge in [-0.05, 0) is 24.1 Å². The molecule has 1 unspecified atom stereocenters. The van der Waals surface area contributed by atoms with E-state index in [4.69, 9.17) is 9.47 Å². The largest absolute Gasteiger partial charge is 0.573 e. The maximum Gasteiger partial charge on any atom is 0.573 e. The van der Waals surface area contributed by atoms with Gasteiger partial charge in [0.15, 0.2) is 5.92 Å². The maximum atomic E-state index is 12.3. The Balaban J connectivity index is 1.91. The van der Waals surface area contributed by atoms with Gasteiger partial charge in [0.05, 0.1) is 13.2 Å². The lowest BCUT2D eigenvalue weighted by atomic mass is 9.99. The highest BCUT2D eigenvalue weighted by Gasteiger charge is 2.32. The van der Waals surface area contributed by atoms with Gasteiger partial charge in [-0.3, -0.25) is 14.5 Å². The molecule has 27 heavy (non-hydrogen) atoms. The van der Waals surface area contributed by atoms with E-state index in [1.165, 1.54) is 12.1 Å². The summed E-state index contributed by atoms with van der Waals surface area (Å²) in [5.74, 6) is -4.34. The van der Waals surface area contributed by atoms with Crippen LogP contribution in [-0.4, -0.2) is 67.8 Å². The van der Waals surface area contributed by atoms with Crippen molar-refractivity contribution >= 4 is 11.9 Å². The summed E-state index contributed by atoms with van der Waals surface area (Å²) in [6, 6.07) is 4.84. The third-order valence-electron chi connectivity index (χ3n) is 3.91. The number of ether oxygens (including phenoxy) is 3. The fraction of sp³-hybridized carbons (Fsp3) is 0.529. The average Bonchev–Trinajstić information content (AvgIpc) is 2.59. The molecule has 1 aliphatic heterocycles. The number of morpholine rings is 1. The van der Waals surface area contributed by atoms with Crippen LogP contribution in [-0.2, 0) is 25.5 Å². The Morgan fingerprint density at radius 2 is 1.96 bits per heavy atom. The number of carboxylic acids is 1. The number of carboxylic acid groups (broad SMARTS) is 1. The van der Waals surface area contributed by atoms with Crippen LogP contribution in [0.25, 0.3) is 0 Å². The number of alkyl halides is 3. The second kappa shape index (κ2) is 9.56. The fourth-order valence-electron chi connectivity index (χ4n) is 2.58. The lowest BCUT2D eigenvalue weighted by Crippen LogP contribution is -2.39. The van der Waals surface area contributed by atoms with Crippen molar-refractivity contribution in [1.82, 2.24) is 4.90 Å². The minimum Gasteiger partial charge on any atom is -0.481 e. The van der Waals surface area contributed by atoms with E-state index in [0.29, 0.717) is 32.8 Å². The van der Waals surface area contributed by atoms with Crippen LogP contribution in [0.15, 0.2) is 24.3 Å². The van der Waals surface area contributed by atoms with Crippen molar-refractivity contribution in [3.05, 3.63) is 29.8 Å². The molecular formula is C17H20F3NO6. The van der Waals surface area contributed by atoms with Gasteiger partial charge in [0.25, 0.3) is 0 Å². The van der Waals surface area contributed by atoms with Crippen LogP contribution in [0, 0.1) is 5.92 Å². The minimum atomic E-state index is -4.86. The van der Waals surface area contributed by atoms with Gasteiger partial charge < -0.3 is 19.3 Å². The first-order chi connectivity index (χ1) is 12.7. The fourth-order valence-corrected chi connectivity index (χ4v) is 2.58. The molecular weight excluding hydrogens is 371 g/mol. The van der Waals surface area contributed by atoms with Gasteiger partial charge in [-0.1, -0.05) is 12.1 Å². The topological polar surface area (TPSA) is 85.3 Å². The number of aliphatic carboxylic acids is 1. The number of benzene rings is 1. The van der Waals surface area contributed by atoms with E-state index < -0.39 is 30.0 Å². The molecule has 0 radical (unpaired) electrons. The van der Waals surface area contributed by atoms with E-state index in [9.17, 15) is 27.9 Å². The summed E-state index contributed by atoms with van der Waals surface area (Å²) in [6.45, 7) is 3.05. The zero-order valence-corrected chi connectivity index (χ0v) is 14.4. The third kappa shape index (κ3) is 7.43. The monoisotopic (exact) mass is 391 g/mol. The molecule has 0 aliphatic carbocycles. The molecule has 1 saturated heterocycles. The molecule has 1 fully saturated rings. The Morgan fingerprint density at radius 1 is 1.26 bits per heavy atom. The highest BCUT2D eigenvalue weighted by Crippen LogP contribution is 2.24. The van der Waals surface area contributed by atoms with E-state index in [1.54, 1.807) is 0 Å². The van der Waals surface area contributed by atoms with Crippen LogP contribution in [0.3, 0.4) is 0 Å². The molecule has 1 atom stereocenters. The van der Waals surface area contributed by atoms with Crippen LogP contribution in [0.1, 0.15) is 5.56 Å². The van der Waals surface area contributed by atoms with Crippen molar-refractivity contribution in [2.75, 3.05) is 39.5 Å². The van der Waals surface area contributed by atoms with Crippen LogP contribution in [0.2, 0.25) is 0 Å². The number of hydrogen-bond acceptors (Lipinski definition) is 6. The van der Waals surface area contributed by atoms with Gasteiger partial charge >= 0.3 is 18.3 Å². The summed E-state index contributed by atoms with van der Waals surface area (Å²) in [5.41, 5.74) is 0.217. The average molecular weight is 391 g/mol. The second-order valence-corrected chi connectivity index (χ2v) is 5.91. The SMILES string of the molecule is O=C(O)C(Cc1cccc(OC(F)(F)F)c1)C(=O)OCCN1CCOCC1. The Kier molecular flexibility index (Phi) is 7.43. The first kappa shape index (κ1) is 21.0. The van der Waals surface area contributed by atoms with Gasteiger partial charge in [-0.25, -0.2) is 0 Å². The second-order valence-electron chi connectivity index (χ2n) is 5.91. The van der Waals surface area contributed by atoms with Gasteiger partial charge in [0.1, 0.15) is 12.4 Å². The molecule has 1 aliphatic rings. The molecule has 150 valence electrons. The quantitative estimate of drug-likeness (QED) is 0.533. The van der Waals surface area contributed by atoms with E-state index in [1.807, 2.05) is 4.90 Å². The van der Waals surface area contributed by atoms with Crippen molar-refractivity contribution in [3.8, 4) is 5.75 Å². The maximum absolute atomic E-state index is 12.3. The van der Waals surface area contributed by atoms with Crippen LogP contribution >= 0.6 is 0 Å². The Bertz CT molecular complexity index is 646. The highest BCUT2D eigenvalue weighted by atomic mass is 19.4. The summed E-state index contributed by atoms with van der Waals surface area (Å²) < 4.78 is 50.9. The number of carbonyl (C=O) groups excluding carboxylic acids is 1. The Hall–Kier alpha value is -2.33. The third-order valence-corrected chi connectivity index (χ3v) is 3.91. The van der Waals surface area contributed by atoms with Crippen molar-refractivity contribution in [3.63, 3.8) is 0 Å². The van der Waals surface area contributed by atoms with Gasteiger partial charge in [0, 0.05) is 19.6 Å². The molecule has 0 spiro atoms. The number of carbonyl (C=O) groups is 2. The molecule has 1 heterocycles. The zero-order chi connectivity index (χ0) is 19.9. The summed E-state index contributed by atoms with van der Waals surface area (Å²) in [6.07, 6.45) is -5.16. The van der Waals surface area contributed by atoms with Crippen LogP contribution < -0.4 is 4.74 Å². The molecule has 1 aromatic carbocycles. The zero-order valence-electron chi connectivity index (χ0n) is 14.4. The van der Waals surface area contributed by atoms with Crippen molar-refractivity contribution in [1.29, 1.82) is 0 Å². The Labute approximate surface area is 153 Å². The van der Waals surface area contributed by atoms with E-state index in [0.717, 1.165) is 12.1 Å². The van der Waals surface area contributed by atoms with Gasteiger partial charge in [0.2, 0.25) is 0 Å². The molecule has 1 N–H and O–H groups in total. The number of nitrogens with zero attached hydrogens (tertiary/aromatic N) is 1. The van der Waals surface area contributed by atoms with Crippen molar-refractivity contribution in [2.45, 2.75) is 12.8 Å². The lowest BCUT2D eigenvalue weighted by molar-refractivity contribution is -0.274. The summed E-state index contributed by atoms with van der Waals surface area (Å²) in [4.78, 5) is 25.5. The number of halogens is 3. The number of rotatable bonds is 8. The predicted molar refractivity (Wildman–Crippen MR) is 86.2 cm³/mol. The van der Waals surface area contributed by atoms with E-state index >= 15 is 0 Å². The standard InChI is InChI=1S/C17H20F3NO6/c18-17(19,20)27-13-3-1-2-12(10-13)11-14(15(22)23)16(24)26-9-6-21-4-7-25-8-5-21/h1-3,10,14H,4-9,11H2,(H,22,23). The van der Waals surface area contributed by atoms with Gasteiger partial charge in [-0.2, -0.15) is 0 Å². The normalized spacial score (nSPS) is 16.6. The van der Waals surface area contributed by atoms with Crippen LogP contribution in [0.5, 0.6) is 5.75 Å². The smallest absolute Gasteiger partial charge is 0.481 e. The van der Waals surface area contributed by atoms with Crippen molar-refractivity contribution in [2.24, 2.45) is 5.92 Å². The highest BCUT2D eigenvalue weighted by molar-refractivity contribution is 5.94. The molecule has 0 aromatic heterocycles. The minimum absolute atomic E-state index is 0.0276. The van der Waals surface area contributed by atoms with E-state index in [-0.39, 0.29) is 18.6 Å². The first-order valence-electron chi connectivity index (χ1n) is 8.29. The summed E-state index contributed by atoms with van der Waals surface area (Å²) >= 11 is 0. The lowest BCUT2D eigenvalue weighted by Gasteiger charge is -2.26. The Morgan fingerprint density at radius 3 is 2.59 bits per heavy atom. The first-order valence-corrected chi connectivity index (χ1v) is 8.29. The molecule has 1 aromatic rings.